The van der Waals surface area contributed by atoms with Gasteiger partial charge < -0.3 is 4.74 Å². The van der Waals surface area contributed by atoms with Crippen molar-refractivity contribution in [3.8, 4) is 0 Å². The van der Waals surface area contributed by atoms with Crippen LogP contribution in [0.15, 0.2) is 48.6 Å². The summed E-state index contributed by atoms with van der Waals surface area (Å²) in [6.07, 6.45) is 44.4. The van der Waals surface area contributed by atoms with Crippen LogP contribution in [0.2, 0.25) is 0 Å². The molecular formula is C34H60O2. The summed E-state index contributed by atoms with van der Waals surface area (Å²) >= 11 is 0. The van der Waals surface area contributed by atoms with Crippen LogP contribution in [-0.2, 0) is 9.53 Å². The zero-order valence-electron chi connectivity index (χ0n) is 24.2. The van der Waals surface area contributed by atoms with E-state index in [0.29, 0.717) is 13.0 Å². The van der Waals surface area contributed by atoms with Gasteiger partial charge in [-0.1, -0.05) is 146 Å². The third-order valence-corrected chi connectivity index (χ3v) is 6.52. The number of esters is 1. The summed E-state index contributed by atoms with van der Waals surface area (Å²) in [5.74, 6) is 0.00784. The highest BCUT2D eigenvalue weighted by Crippen LogP contribution is 2.13. The molecule has 0 rings (SSSR count). The van der Waals surface area contributed by atoms with E-state index >= 15 is 0 Å². The number of carbonyl (C=O) groups excluding carboxylic acids is 1. The highest BCUT2D eigenvalue weighted by atomic mass is 16.5. The molecule has 2 heteroatoms. The van der Waals surface area contributed by atoms with E-state index in [4.69, 9.17) is 4.74 Å². The lowest BCUT2D eigenvalue weighted by atomic mass is 10.1. The molecule has 0 aliphatic carbocycles. The Hall–Kier alpha value is -1.57. The molecule has 0 aromatic heterocycles. The maximum atomic E-state index is 11.9. The second-order valence-corrected chi connectivity index (χ2v) is 10.1. The van der Waals surface area contributed by atoms with Gasteiger partial charge in [0.05, 0.1) is 6.61 Å². The first-order valence-electron chi connectivity index (χ1n) is 15.6. The van der Waals surface area contributed by atoms with E-state index in [9.17, 15) is 4.79 Å². The summed E-state index contributed by atoms with van der Waals surface area (Å²) in [6, 6.07) is 0. The van der Waals surface area contributed by atoms with Gasteiger partial charge in [-0.3, -0.25) is 4.79 Å². The van der Waals surface area contributed by atoms with Crippen LogP contribution >= 0.6 is 0 Å². The van der Waals surface area contributed by atoms with Crippen molar-refractivity contribution in [3.05, 3.63) is 48.6 Å². The minimum atomic E-state index is 0.00784. The normalized spacial score (nSPS) is 12.2. The molecule has 0 bridgehead atoms. The molecule has 0 aromatic rings. The molecule has 0 spiro atoms. The standard InChI is InChI=1S/C34H60O2/c1-3-5-7-9-11-13-15-17-19-20-22-24-26-28-30-32-34(35)36-33-31-29-27-25-23-21-18-16-14-12-10-8-6-4-2/h5-12H,3-4,13-33H2,1-2H3/b7-5+,8-6+,11-9-,12-10-. The van der Waals surface area contributed by atoms with Gasteiger partial charge in [0, 0.05) is 6.42 Å². The van der Waals surface area contributed by atoms with Gasteiger partial charge in [0.25, 0.3) is 0 Å². The predicted octanol–water partition coefficient (Wildman–Crippen LogP) is 11.4. The number of ether oxygens (including phenoxy) is 1. The topological polar surface area (TPSA) is 26.3 Å². The predicted molar refractivity (Wildman–Crippen MR) is 160 cm³/mol. The summed E-state index contributed by atoms with van der Waals surface area (Å²) < 4.78 is 5.41. The maximum absolute atomic E-state index is 11.9. The summed E-state index contributed by atoms with van der Waals surface area (Å²) in [4.78, 5) is 11.9. The first-order valence-corrected chi connectivity index (χ1v) is 15.6. The van der Waals surface area contributed by atoms with Crippen molar-refractivity contribution in [2.24, 2.45) is 0 Å². The molecule has 0 N–H and O–H groups in total. The number of carbonyl (C=O) groups is 1. The van der Waals surface area contributed by atoms with Gasteiger partial charge >= 0.3 is 5.97 Å². The van der Waals surface area contributed by atoms with Crippen molar-refractivity contribution in [2.75, 3.05) is 6.61 Å². The smallest absolute Gasteiger partial charge is 0.305 e. The third-order valence-electron chi connectivity index (χ3n) is 6.52. The van der Waals surface area contributed by atoms with Crippen molar-refractivity contribution < 1.29 is 9.53 Å². The molecule has 36 heavy (non-hydrogen) atoms. The average molecular weight is 501 g/mol. The second kappa shape index (κ2) is 31.5. The highest BCUT2D eigenvalue weighted by Gasteiger charge is 2.02. The zero-order chi connectivity index (χ0) is 26.2. The van der Waals surface area contributed by atoms with Crippen LogP contribution in [0.3, 0.4) is 0 Å². The molecular weight excluding hydrogens is 440 g/mol. The van der Waals surface area contributed by atoms with Gasteiger partial charge in [-0.15, -0.1) is 0 Å². The number of allylic oxidation sites excluding steroid dienone is 8. The van der Waals surface area contributed by atoms with Gasteiger partial charge in [0.2, 0.25) is 0 Å². The number of unbranched alkanes of at least 4 members (excludes halogenated alkanes) is 17. The molecule has 0 fully saturated rings. The van der Waals surface area contributed by atoms with Crippen LogP contribution in [0.1, 0.15) is 155 Å². The van der Waals surface area contributed by atoms with Gasteiger partial charge in [0.1, 0.15) is 0 Å². The van der Waals surface area contributed by atoms with Gasteiger partial charge in [0.15, 0.2) is 0 Å². The first kappa shape index (κ1) is 34.4. The van der Waals surface area contributed by atoms with E-state index < -0.39 is 0 Å². The van der Waals surface area contributed by atoms with Gasteiger partial charge in [-0.05, 0) is 51.4 Å². The van der Waals surface area contributed by atoms with E-state index in [1.165, 1.54) is 103 Å². The number of hydrogen-bond acceptors (Lipinski definition) is 2. The van der Waals surface area contributed by atoms with Gasteiger partial charge in [-0.2, -0.15) is 0 Å². The lowest BCUT2D eigenvalue weighted by Gasteiger charge is -2.05. The summed E-state index contributed by atoms with van der Waals surface area (Å²) in [7, 11) is 0. The molecule has 0 atom stereocenters. The lowest BCUT2D eigenvalue weighted by Crippen LogP contribution is -2.05. The Morgan fingerprint density at radius 2 is 0.833 bits per heavy atom. The third kappa shape index (κ3) is 30.5. The number of rotatable bonds is 27. The maximum Gasteiger partial charge on any atom is 0.305 e. The van der Waals surface area contributed by atoms with Crippen LogP contribution < -0.4 is 0 Å². The van der Waals surface area contributed by atoms with Crippen molar-refractivity contribution >= 4 is 5.97 Å². The molecule has 0 unspecified atom stereocenters. The van der Waals surface area contributed by atoms with Crippen LogP contribution in [0.4, 0.5) is 0 Å². The fourth-order valence-corrected chi connectivity index (χ4v) is 4.23. The van der Waals surface area contributed by atoms with E-state index in [-0.39, 0.29) is 5.97 Å². The van der Waals surface area contributed by atoms with Crippen molar-refractivity contribution in [2.45, 2.75) is 155 Å². The van der Waals surface area contributed by atoms with E-state index in [1.54, 1.807) is 0 Å². The number of hydrogen-bond donors (Lipinski definition) is 0. The van der Waals surface area contributed by atoms with Crippen LogP contribution in [-0.4, -0.2) is 12.6 Å². The molecule has 0 aliphatic rings. The Balaban J connectivity index is 3.23. The molecule has 0 amide bonds. The van der Waals surface area contributed by atoms with Crippen LogP contribution in [0, 0.1) is 0 Å². The SMILES string of the molecule is CC/C=C/C=C\CCCCCCCCCCCC(=O)OCCCCCCCCCC/C=C\C=C\CC. The molecule has 0 heterocycles. The largest absolute Gasteiger partial charge is 0.466 e. The molecule has 0 aliphatic heterocycles. The Labute approximate surface area is 225 Å². The Morgan fingerprint density at radius 3 is 1.28 bits per heavy atom. The van der Waals surface area contributed by atoms with Gasteiger partial charge in [-0.25, -0.2) is 0 Å². The molecule has 0 radical (unpaired) electrons. The minimum absolute atomic E-state index is 0.00784. The fraction of sp³-hybridized carbons (Fsp3) is 0.735. The van der Waals surface area contributed by atoms with E-state index in [2.05, 4.69) is 62.5 Å². The Bertz CT molecular complexity index is 508. The Morgan fingerprint density at radius 1 is 0.472 bits per heavy atom. The molecule has 208 valence electrons. The average Bonchev–Trinajstić information content (AvgIpc) is 2.88. The summed E-state index contributed by atoms with van der Waals surface area (Å²) in [5, 5.41) is 0. The minimum Gasteiger partial charge on any atom is -0.466 e. The van der Waals surface area contributed by atoms with E-state index in [0.717, 1.165) is 32.1 Å². The Kier molecular flexibility index (Phi) is 30.1. The quantitative estimate of drug-likeness (QED) is 0.0636. The molecule has 0 aromatic carbocycles. The molecule has 0 saturated carbocycles. The second-order valence-electron chi connectivity index (χ2n) is 10.1. The van der Waals surface area contributed by atoms with Crippen molar-refractivity contribution in [3.63, 3.8) is 0 Å². The summed E-state index contributed by atoms with van der Waals surface area (Å²) in [6.45, 7) is 4.94. The first-order chi connectivity index (χ1) is 17.8. The lowest BCUT2D eigenvalue weighted by molar-refractivity contribution is -0.143. The van der Waals surface area contributed by atoms with Crippen LogP contribution in [0.25, 0.3) is 0 Å². The van der Waals surface area contributed by atoms with Crippen molar-refractivity contribution in [1.82, 2.24) is 0 Å². The monoisotopic (exact) mass is 500 g/mol. The highest BCUT2D eigenvalue weighted by molar-refractivity contribution is 5.69. The molecule has 2 nitrogen and oxygen atoms in total. The van der Waals surface area contributed by atoms with E-state index in [1.807, 2.05) is 0 Å². The summed E-state index contributed by atoms with van der Waals surface area (Å²) in [5.41, 5.74) is 0. The van der Waals surface area contributed by atoms with Crippen LogP contribution in [0.5, 0.6) is 0 Å². The zero-order valence-corrected chi connectivity index (χ0v) is 24.2. The molecule has 0 saturated heterocycles. The van der Waals surface area contributed by atoms with Crippen molar-refractivity contribution in [1.29, 1.82) is 0 Å². The fourth-order valence-electron chi connectivity index (χ4n) is 4.23.